The van der Waals surface area contributed by atoms with Crippen molar-refractivity contribution in [3.8, 4) is 11.1 Å². The monoisotopic (exact) mass is 419 g/mol. The van der Waals surface area contributed by atoms with Crippen LogP contribution in [-0.2, 0) is 6.54 Å². The molecule has 0 radical (unpaired) electrons. The zero-order chi connectivity index (χ0) is 20.8. The molecule has 0 unspecified atom stereocenters. The Hall–Kier alpha value is -3.06. The molecule has 2 aliphatic heterocycles. The van der Waals surface area contributed by atoms with Gasteiger partial charge in [0.25, 0.3) is 11.5 Å². The number of Topliss-reactive ketones (excluding diaryl/α,β-unsaturated/α-hetero) is 1. The Morgan fingerprint density at radius 2 is 2.00 bits per heavy atom. The Labute approximate surface area is 177 Å². The van der Waals surface area contributed by atoms with Crippen molar-refractivity contribution in [2.45, 2.75) is 25.8 Å². The van der Waals surface area contributed by atoms with Gasteiger partial charge in [-0.2, -0.15) is 0 Å². The lowest BCUT2D eigenvalue weighted by atomic mass is 9.82. The number of thiophene rings is 1. The van der Waals surface area contributed by atoms with E-state index in [2.05, 4.69) is 11.1 Å². The van der Waals surface area contributed by atoms with Gasteiger partial charge in [-0.05, 0) is 43.0 Å². The fourth-order valence-electron chi connectivity index (χ4n) is 4.64. The van der Waals surface area contributed by atoms with E-state index in [-0.39, 0.29) is 29.1 Å². The third kappa shape index (κ3) is 3.29. The minimum absolute atomic E-state index is 0.00441. The number of hydrogen-bond acceptors (Lipinski definition) is 5. The Morgan fingerprint density at radius 3 is 2.73 bits per heavy atom. The van der Waals surface area contributed by atoms with E-state index in [0.717, 1.165) is 23.2 Å². The van der Waals surface area contributed by atoms with Gasteiger partial charge in [0.2, 0.25) is 0 Å². The average Bonchev–Trinajstić information content (AvgIpc) is 3.25. The molecule has 152 valence electrons. The van der Waals surface area contributed by atoms with E-state index < -0.39 is 0 Å². The third-order valence-corrected chi connectivity index (χ3v) is 7.06. The summed E-state index contributed by atoms with van der Waals surface area (Å²) in [7, 11) is 0. The standard InChI is InChI=1S/C23H21N3O3S/c1-14(27)21-7-19(13-30-21)23(29)25-10-15-5-18(12-25)20-6-17(8-22(28)26(20)11-15)16-3-2-4-24-9-16/h2-4,6-9,13,15,18H,5,10-12H2,1H3/t15-,18+/m0/s1. The first-order valence-corrected chi connectivity index (χ1v) is 10.9. The zero-order valence-corrected chi connectivity index (χ0v) is 17.4. The van der Waals surface area contributed by atoms with Crippen molar-refractivity contribution in [3.05, 3.63) is 74.6 Å². The van der Waals surface area contributed by atoms with E-state index >= 15 is 0 Å². The molecule has 2 aliphatic rings. The molecule has 0 aliphatic carbocycles. The van der Waals surface area contributed by atoms with Crippen LogP contribution in [0.4, 0.5) is 0 Å². The molecule has 1 saturated heterocycles. The van der Waals surface area contributed by atoms with E-state index in [1.54, 1.807) is 29.9 Å². The maximum Gasteiger partial charge on any atom is 0.254 e. The number of likely N-dealkylation sites (tertiary alicyclic amines) is 1. The Kier molecular flexibility index (Phi) is 4.62. The van der Waals surface area contributed by atoms with Gasteiger partial charge in [-0.3, -0.25) is 19.4 Å². The summed E-state index contributed by atoms with van der Waals surface area (Å²) in [6, 6.07) is 9.26. The lowest BCUT2D eigenvalue weighted by molar-refractivity contribution is 0.0595. The van der Waals surface area contributed by atoms with E-state index in [1.165, 1.54) is 18.3 Å². The smallest absolute Gasteiger partial charge is 0.254 e. The highest BCUT2D eigenvalue weighted by Gasteiger charge is 2.37. The molecule has 2 bridgehead atoms. The summed E-state index contributed by atoms with van der Waals surface area (Å²) >= 11 is 1.31. The van der Waals surface area contributed by atoms with Gasteiger partial charge in [0.1, 0.15) is 0 Å². The van der Waals surface area contributed by atoms with Crippen LogP contribution < -0.4 is 5.56 Å². The molecule has 5 rings (SSSR count). The second-order valence-electron chi connectivity index (χ2n) is 8.12. The van der Waals surface area contributed by atoms with Crippen LogP contribution in [0.5, 0.6) is 0 Å². The van der Waals surface area contributed by atoms with Gasteiger partial charge in [-0.15, -0.1) is 11.3 Å². The second kappa shape index (κ2) is 7.32. The van der Waals surface area contributed by atoms with Crippen molar-refractivity contribution in [3.63, 3.8) is 0 Å². The number of piperidine rings is 1. The molecule has 6 nitrogen and oxygen atoms in total. The van der Waals surface area contributed by atoms with Crippen molar-refractivity contribution in [2.24, 2.45) is 5.92 Å². The third-order valence-electron chi connectivity index (χ3n) is 6.03. The van der Waals surface area contributed by atoms with Crippen LogP contribution in [0.1, 0.15) is 45.0 Å². The highest BCUT2D eigenvalue weighted by Crippen LogP contribution is 2.37. The quantitative estimate of drug-likeness (QED) is 0.610. The molecule has 2 atom stereocenters. The van der Waals surface area contributed by atoms with Gasteiger partial charge >= 0.3 is 0 Å². The number of nitrogens with zero attached hydrogens (tertiary/aromatic N) is 3. The fourth-order valence-corrected chi connectivity index (χ4v) is 5.42. The molecule has 30 heavy (non-hydrogen) atoms. The second-order valence-corrected chi connectivity index (χ2v) is 9.04. The maximum atomic E-state index is 13.1. The molecule has 0 spiro atoms. The lowest BCUT2D eigenvalue weighted by Gasteiger charge is -2.42. The minimum Gasteiger partial charge on any atom is -0.338 e. The zero-order valence-electron chi connectivity index (χ0n) is 16.6. The summed E-state index contributed by atoms with van der Waals surface area (Å²) in [5.74, 6) is 0.322. The summed E-state index contributed by atoms with van der Waals surface area (Å²) < 4.78 is 1.87. The van der Waals surface area contributed by atoms with Crippen molar-refractivity contribution < 1.29 is 9.59 Å². The van der Waals surface area contributed by atoms with Gasteiger partial charge in [0.15, 0.2) is 5.78 Å². The van der Waals surface area contributed by atoms with Crippen LogP contribution in [-0.4, -0.2) is 39.2 Å². The normalized spacial score (nSPS) is 20.0. The molecule has 5 heterocycles. The molecule has 0 N–H and O–H groups in total. The predicted molar refractivity (Wildman–Crippen MR) is 115 cm³/mol. The molecule has 1 fully saturated rings. The highest BCUT2D eigenvalue weighted by atomic mass is 32.1. The predicted octanol–water partition coefficient (Wildman–Crippen LogP) is 3.43. The van der Waals surface area contributed by atoms with Gasteiger partial charge in [-0.1, -0.05) is 6.07 Å². The Bertz CT molecular complexity index is 1200. The molecule has 3 aromatic heterocycles. The summed E-state index contributed by atoms with van der Waals surface area (Å²) in [6.45, 7) is 3.36. The molecular weight excluding hydrogens is 398 g/mol. The SMILES string of the molecule is CC(=O)c1cc(C(=O)N2C[C@@H]3C[C@H](C2)c2cc(-c4cccnc4)cc(=O)n2C3)cs1. The van der Waals surface area contributed by atoms with Crippen LogP contribution in [0, 0.1) is 5.92 Å². The number of amides is 1. The molecule has 7 heteroatoms. The van der Waals surface area contributed by atoms with E-state index in [1.807, 2.05) is 21.6 Å². The molecule has 3 aromatic rings. The Morgan fingerprint density at radius 1 is 1.13 bits per heavy atom. The molecule has 0 aromatic carbocycles. The van der Waals surface area contributed by atoms with E-state index in [9.17, 15) is 14.4 Å². The minimum atomic E-state index is -0.0346. The molecular formula is C23H21N3O3S. The van der Waals surface area contributed by atoms with Crippen LogP contribution in [0.3, 0.4) is 0 Å². The van der Waals surface area contributed by atoms with E-state index in [4.69, 9.17) is 0 Å². The largest absolute Gasteiger partial charge is 0.338 e. The number of rotatable bonds is 3. The van der Waals surface area contributed by atoms with Crippen LogP contribution in [0.15, 0.2) is 52.9 Å². The number of hydrogen-bond donors (Lipinski definition) is 0. The molecule has 0 saturated carbocycles. The topological polar surface area (TPSA) is 72.3 Å². The van der Waals surface area contributed by atoms with Gasteiger partial charge < -0.3 is 9.47 Å². The summed E-state index contributed by atoms with van der Waals surface area (Å²) in [5.41, 5.74) is 3.35. The van der Waals surface area contributed by atoms with Crippen LogP contribution >= 0.6 is 11.3 Å². The summed E-state index contributed by atoms with van der Waals surface area (Å²) in [4.78, 5) is 44.1. The first-order chi connectivity index (χ1) is 14.5. The number of aromatic nitrogens is 2. The number of carbonyl (C=O) groups is 2. The maximum absolute atomic E-state index is 13.1. The van der Waals surface area contributed by atoms with Crippen molar-refractivity contribution >= 4 is 23.0 Å². The summed E-state index contributed by atoms with van der Waals surface area (Å²) in [5, 5.41) is 1.77. The van der Waals surface area contributed by atoms with Crippen LogP contribution in [0.2, 0.25) is 0 Å². The van der Waals surface area contributed by atoms with Crippen molar-refractivity contribution in [1.29, 1.82) is 0 Å². The Balaban J connectivity index is 1.46. The van der Waals surface area contributed by atoms with Gasteiger partial charge in [-0.25, -0.2) is 0 Å². The first kappa shape index (κ1) is 18.9. The lowest BCUT2D eigenvalue weighted by Crippen LogP contribution is -2.49. The average molecular weight is 420 g/mol. The number of fused-ring (bicyclic) bond motifs is 4. The van der Waals surface area contributed by atoms with E-state index in [0.29, 0.717) is 30.1 Å². The van der Waals surface area contributed by atoms with Gasteiger partial charge in [0.05, 0.1) is 10.4 Å². The summed E-state index contributed by atoms with van der Waals surface area (Å²) in [6.07, 6.45) is 4.45. The number of pyridine rings is 2. The van der Waals surface area contributed by atoms with Crippen molar-refractivity contribution in [2.75, 3.05) is 13.1 Å². The molecule has 1 amide bonds. The first-order valence-electron chi connectivity index (χ1n) is 10.0. The van der Waals surface area contributed by atoms with Crippen LogP contribution in [0.25, 0.3) is 11.1 Å². The fraction of sp³-hybridized carbons (Fsp3) is 0.304. The van der Waals surface area contributed by atoms with Crippen molar-refractivity contribution in [1.82, 2.24) is 14.5 Å². The highest BCUT2D eigenvalue weighted by molar-refractivity contribution is 7.12. The number of carbonyl (C=O) groups excluding carboxylic acids is 2. The number of ketones is 1. The van der Waals surface area contributed by atoms with Gasteiger partial charge in [0, 0.05) is 60.6 Å².